The summed E-state index contributed by atoms with van der Waals surface area (Å²) in [5, 5.41) is 0. The van der Waals surface area contributed by atoms with Crippen molar-refractivity contribution >= 4 is 44.2 Å². The van der Waals surface area contributed by atoms with Crippen LogP contribution in [0.1, 0.15) is 10.4 Å². The zero-order valence-electron chi connectivity index (χ0n) is 14.4. The number of rotatable bonds is 5. The van der Waals surface area contributed by atoms with Gasteiger partial charge in [0.2, 0.25) is 0 Å². The summed E-state index contributed by atoms with van der Waals surface area (Å²) in [5.41, 5.74) is 0.553. The van der Waals surface area contributed by atoms with Crippen molar-refractivity contribution in [2.75, 3.05) is 11.4 Å². The lowest BCUT2D eigenvalue weighted by Gasteiger charge is -2.23. The number of carbonyl (C=O) groups excluding carboxylic acids is 1. The molecule has 0 aliphatic rings. The van der Waals surface area contributed by atoms with E-state index in [0.717, 1.165) is 4.31 Å². The second-order valence-corrected chi connectivity index (χ2v) is 8.51. The molecule has 7 heteroatoms. The molecule has 3 aromatic carbocycles. The molecule has 0 radical (unpaired) electrons. The smallest absolute Gasteiger partial charge is 0.273 e. The maximum Gasteiger partial charge on any atom is 0.273 e. The minimum atomic E-state index is -4.10. The van der Waals surface area contributed by atoms with Crippen molar-refractivity contribution in [2.24, 2.45) is 0 Å². The molecule has 3 aromatic rings. The highest BCUT2D eigenvalue weighted by Crippen LogP contribution is 2.28. The van der Waals surface area contributed by atoms with E-state index in [4.69, 9.17) is 4.74 Å². The molecule has 0 N–H and O–H groups in total. The van der Waals surface area contributed by atoms with Crippen molar-refractivity contribution in [1.29, 1.82) is 0 Å². The largest absolute Gasteiger partial charge is 0.497 e. The summed E-state index contributed by atoms with van der Waals surface area (Å²) in [7, 11) is -2.58. The molecule has 27 heavy (non-hydrogen) atoms. The Kier molecular flexibility index (Phi) is 5.81. The standard InChI is InChI=1S/C20H16INO4S/c1-26-16-13-11-15(12-14-16)22(20(23)18-9-5-6-10-19(18)21)27(24,25)17-7-3-2-4-8-17/h2-14H,1H3. The second kappa shape index (κ2) is 8.10. The second-order valence-electron chi connectivity index (χ2n) is 5.57. The third-order valence-electron chi connectivity index (χ3n) is 3.88. The molecule has 138 valence electrons. The first-order valence-electron chi connectivity index (χ1n) is 7.98. The first-order chi connectivity index (χ1) is 12.9. The fraction of sp³-hybridized carbons (Fsp3) is 0.0500. The summed E-state index contributed by atoms with van der Waals surface area (Å²) in [4.78, 5) is 13.3. The normalized spacial score (nSPS) is 11.0. The molecular weight excluding hydrogens is 477 g/mol. The van der Waals surface area contributed by atoms with E-state index in [-0.39, 0.29) is 10.6 Å². The molecule has 0 atom stereocenters. The number of nitrogens with zero attached hydrogens (tertiary/aromatic N) is 1. The van der Waals surface area contributed by atoms with Gasteiger partial charge < -0.3 is 4.74 Å². The predicted octanol–water partition coefficient (Wildman–Crippen LogP) is 4.34. The van der Waals surface area contributed by atoms with Gasteiger partial charge in [-0.3, -0.25) is 4.79 Å². The lowest BCUT2D eigenvalue weighted by molar-refractivity contribution is 0.100. The van der Waals surface area contributed by atoms with Gasteiger partial charge >= 0.3 is 0 Å². The van der Waals surface area contributed by atoms with E-state index >= 15 is 0 Å². The highest BCUT2D eigenvalue weighted by Gasteiger charge is 2.32. The van der Waals surface area contributed by atoms with Gasteiger partial charge in [0.1, 0.15) is 5.75 Å². The van der Waals surface area contributed by atoms with Gasteiger partial charge in [-0.1, -0.05) is 30.3 Å². The van der Waals surface area contributed by atoms with Crippen molar-refractivity contribution in [3.8, 4) is 5.75 Å². The summed E-state index contributed by atoms with van der Waals surface area (Å²) in [6.45, 7) is 0. The SMILES string of the molecule is COc1ccc(N(C(=O)c2ccccc2I)S(=O)(=O)c2ccccc2)cc1. The number of methoxy groups -OCH3 is 1. The number of ether oxygens (including phenoxy) is 1. The molecule has 0 fully saturated rings. The zero-order chi connectivity index (χ0) is 19.4. The van der Waals surface area contributed by atoms with E-state index in [0.29, 0.717) is 14.9 Å². The van der Waals surface area contributed by atoms with Gasteiger partial charge in [-0.15, -0.1) is 0 Å². The van der Waals surface area contributed by atoms with E-state index in [2.05, 4.69) is 0 Å². The Morgan fingerprint density at radius 2 is 1.48 bits per heavy atom. The average Bonchev–Trinajstić information content (AvgIpc) is 2.69. The van der Waals surface area contributed by atoms with E-state index in [1.165, 1.54) is 19.2 Å². The molecule has 0 aliphatic carbocycles. The quantitative estimate of drug-likeness (QED) is 0.497. The lowest BCUT2D eigenvalue weighted by atomic mass is 10.2. The minimum Gasteiger partial charge on any atom is -0.497 e. The van der Waals surface area contributed by atoms with E-state index in [9.17, 15) is 13.2 Å². The summed E-state index contributed by atoms with van der Waals surface area (Å²) < 4.78 is 33.2. The Morgan fingerprint density at radius 1 is 0.889 bits per heavy atom. The highest BCUT2D eigenvalue weighted by molar-refractivity contribution is 14.1. The fourth-order valence-electron chi connectivity index (χ4n) is 2.52. The number of anilines is 1. The number of amides is 1. The molecule has 0 aromatic heterocycles. The van der Waals surface area contributed by atoms with Crippen LogP contribution >= 0.6 is 22.6 Å². The molecule has 3 rings (SSSR count). The summed E-state index contributed by atoms with van der Waals surface area (Å²) in [6.07, 6.45) is 0. The average molecular weight is 493 g/mol. The van der Waals surface area contributed by atoms with Crippen molar-refractivity contribution in [3.63, 3.8) is 0 Å². The van der Waals surface area contributed by atoms with Crippen LogP contribution < -0.4 is 9.04 Å². The number of hydrogen-bond acceptors (Lipinski definition) is 4. The molecule has 1 amide bonds. The zero-order valence-corrected chi connectivity index (χ0v) is 17.3. The molecule has 0 spiro atoms. The summed E-state index contributed by atoms with van der Waals surface area (Å²) >= 11 is 2.02. The predicted molar refractivity (Wildman–Crippen MR) is 113 cm³/mol. The van der Waals surface area contributed by atoms with Crippen LogP contribution in [0.15, 0.2) is 83.8 Å². The van der Waals surface area contributed by atoms with E-state index < -0.39 is 15.9 Å². The number of hydrogen-bond donors (Lipinski definition) is 0. The van der Waals surface area contributed by atoms with Crippen LogP contribution in [0.2, 0.25) is 0 Å². The maximum absolute atomic E-state index is 13.3. The van der Waals surface area contributed by atoms with Crippen LogP contribution in [0.5, 0.6) is 5.75 Å². The summed E-state index contributed by atoms with van der Waals surface area (Å²) in [5.74, 6) is -0.0495. The van der Waals surface area contributed by atoms with Crippen LogP contribution in [0.4, 0.5) is 5.69 Å². The first-order valence-corrected chi connectivity index (χ1v) is 10.5. The molecule has 5 nitrogen and oxygen atoms in total. The van der Waals surface area contributed by atoms with Crippen LogP contribution in [-0.4, -0.2) is 21.4 Å². The molecule has 0 heterocycles. The van der Waals surface area contributed by atoms with Gasteiger partial charge in [0, 0.05) is 3.57 Å². The third kappa shape index (κ3) is 3.98. The number of carbonyl (C=O) groups is 1. The van der Waals surface area contributed by atoms with E-state index in [1.54, 1.807) is 66.7 Å². The van der Waals surface area contributed by atoms with Crippen molar-refractivity contribution in [2.45, 2.75) is 4.90 Å². The molecule has 0 saturated heterocycles. The molecule has 0 bridgehead atoms. The first kappa shape index (κ1) is 19.4. The molecule has 0 unspecified atom stereocenters. The van der Waals surface area contributed by atoms with Crippen molar-refractivity contribution in [3.05, 3.63) is 88.0 Å². The Hall–Kier alpha value is -2.39. The van der Waals surface area contributed by atoms with Crippen LogP contribution in [0.3, 0.4) is 0 Å². The third-order valence-corrected chi connectivity index (χ3v) is 6.54. The van der Waals surface area contributed by atoms with Crippen LogP contribution in [0.25, 0.3) is 0 Å². The Morgan fingerprint density at radius 3 is 2.07 bits per heavy atom. The highest BCUT2D eigenvalue weighted by atomic mass is 127. The Bertz CT molecular complexity index is 1050. The van der Waals surface area contributed by atoms with Gasteiger partial charge in [0.25, 0.3) is 15.9 Å². The van der Waals surface area contributed by atoms with Crippen LogP contribution in [-0.2, 0) is 10.0 Å². The fourth-order valence-corrected chi connectivity index (χ4v) is 4.57. The minimum absolute atomic E-state index is 0.0418. The Balaban J connectivity index is 2.17. The van der Waals surface area contributed by atoms with Gasteiger partial charge in [-0.2, -0.15) is 4.31 Å². The van der Waals surface area contributed by atoms with Crippen molar-refractivity contribution < 1.29 is 17.9 Å². The van der Waals surface area contributed by atoms with Gasteiger partial charge in [0.15, 0.2) is 0 Å². The summed E-state index contributed by atoms with van der Waals surface area (Å²) in [6, 6.07) is 21.1. The number of sulfonamides is 1. The number of halogens is 1. The van der Waals surface area contributed by atoms with Gasteiger partial charge in [-0.25, -0.2) is 8.42 Å². The van der Waals surface area contributed by atoms with E-state index in [1.807, 2.05) is 22.6 Å². The topological polar surface area (TPSA) is 63.7 Å². The monoisotopic (exact) mass is 493 g/mol. The van der Waals surface area contributed by atoms with Gasteiger partial charge in [-0.05, 0) is 71.1 Å². The van der Waals surface area contributed by atoms with Crippen LogP contribution in [0, 0.1) is 3.57 Å². The van der Waals surface area contributed by atoms with Gasteiger partial charge in [0.05, 0.1) is 23.3 Å². The molecule has 0 saturated carbocycles. The maximum atomic E-state index is 13.3. The number of benzene rings is 3. The molecular formula is C20H16INO4S. The molecule has 0 aliphatic heterocycles. The van der Waals surface area contributed by atoms with Crippen molar-refractivity contribution in [1.82, 2.24) is 0 Å². The Labute approximate surface area is 171 Å². The lowest BCUT2D eigenvalue weighted by Crippen LogP contribution is -2.37.